The number of benzene rings is 1. The van der Waals surface area contributed by atoms with Crippen molar-refractivity contribution in [1.29, 1.82) is 0 Å². The van der Waals surface area contributed by atoms with Gasteiger partial charge in [0.2, 0.25) is 10.0 Å². The fourth-order valence-corrected chi connectivity index (χ4v) is 3.91. The predicted molar refractivity (Wildman–Crippen MR) is 85.7 cm³/mol. The van der Waals surface area contributed by atoms with E-state index in [1.165, 1.54) is 11.3 Å². The summed E-state index contributed by atoms with van der Waals surface area (Å²) in [7, 11) is -3.37. The number of thiophene rings is 1. The molecular formula is C15H19NO3S2. The van der Waals surface area contributed by atoms with Gasteiger partial charge in [-0.2, -0.15) is 11.3 Å². The third kappa shape index (κ3) is 5.24. The van der Waals surface area contributed by atoms with Crippen molar-refractivity contribution < 1.29 is 13.5 Å². The highest BCUT2D eigenvalue weighted by atomic mass is 32.2. The molecule has 0 aliphatic carbocycles. The molecular weight excluding hydrogens is 306 g/mol. The van der Waals surface area contributed by atoms with Crippen molar-refractivity contribution in [2.24, 2.45) is 0 Å². The van der Waals surface area contributed by atoms with E-state index in [4.69, 9.17) is 0 Å². The summed E-state index contributed by atoms with van der Waals surface area (Å²) in [5.41, 5.74) is 2.63. The zero-order valence-corrected chi connectivity index (χ0v) is 13.5. The van der Waals surface area contributed by atoms with Gasteiger partial charge < -0.3 is 5.11 Å². The van der Waals surface area contributed by atoms with E-state index in [0.29, 0.717) is 6.42 Å². The summed E-state index contributed by atoms with van der Waals surface area (Å²) in [6.45, 7) is 2.16. The molecule has 1 unspecified atom stereocenters. The summed E-state index contributed by atoms with van der Waals surface area (Å²) in [5, 5.41) is 13.7. The Balaban J connectivity index is 1.84. The van der Waals surface area contributed by atoms with Gasteiger partial charge >= 0.3 is 0 Å². The van der Waals surface area contributed by atoms with Crippen LogP contribution in [0.25, 0.3) is 0 Å². The lowest BCUT2D eigenvalue weighted by molar-refractivity contribution is 0.169. The van der Waals surface area contributed by atoms with Gasteiger partial charge in [0.15, 0.2) is 0 Å². The van der Waals surface area contributed by atoms with Gasteiger partial charge in [0.1, 0.15) is 0 Å². The van der Waals surface area contributed by atoms with Crippen LogP contribution in [-0.2, 0) is 15.8 Å². The molecule has 114 valence electrons. The summed E-state index contributed by atoms with van der Waals surface area (Å²) in [5.74, 6) is -0.0385. The van der Waals surface area contributed by atoms with Crippen molar-refractivity contribution in [1.82, 2.24) is 4.72 Å². The van der Waals surface area contributed by atoms with Gasteiger partial charge in [-0.05, 0) is 41.3 Å². The van der Waals surface area contributed by atoms with E-state index in [1.54, 1.807) is 6.07 Å². The highest BCUT2D eigenvalue weighted by Gasteiger charge is 2.13. The molecule has 0 bridgehead atoms. The molecule has 1 aromatic carbocycles. The third-order valence-electron chi connectivity index (χ3n) is 3.11. The maximum Gasteiger partial charge on any atom is 0.215 e. The number of rotatable bonds is 7. The Bertz CT molecular complexity index is 666. The summed E-state index contributed by atoms with van der Waals surface area (Å²) in [6, 6.07) is 9.28. The Morgan fingerprint density at radius 2 is 2.14 bits per heavy atom. The van der Waals surface area contributed by atoms with Crippen molar-refractivity contribution >= 4 is 21.4 Å². The first-order chi connectivity index (χ1) is 9.96. The van der Waals surface area contributed by atoms with Gasteiger partial charge in [-0.1, -0.05) is 29.8 Å². The molecule has 0 saturated carbocycles. The Morgan fingerprint density at radius 1 is 1.33 bits per heavy atom. The largest absolute Gasteiger partial charge is 0.388 e. The average molecular weight is 325 g/mol. The standard InChI is InChI=1S/C15H19NO3S2/c1-12-3-2-4-13(9-12)11-21(18,19)16-7-5-15(17)14-6-8-20-10-14/h2-4,6,8-10,15-17H,5,7,11H2,1H3. The minimum absolute atomic E-state index is 0.0385. The lowest BCUT2D eigenvalue weighted by atomic mass is 10.1. The zero-order valence-electron chi connectivity index (χ0n) is 11.8. The highest BCUT2D eigenvalue weighted by Crippen LogP contribution is 2.18. The van der Waals surface area contributed by atoms with Crippen LogP contribution >= 0.6 is 11.3 Å². The van der Waals surface area contributed by atoms with Gasteiger partial charge in [-0.3, -0.25) is 0 Å². The first-order valence-electron chi connectivity index (χ1n) is 6.69. The molecule has 1 heterocycles. The van der Waals surface area contributed by atoms with Crippen LogP contribution in [0.5, 0.6) is 0 Å². The summed E-state index contributed by atoms with van der Waals surface area (Å²) in [4.78, 5) is 0. The van der Waals surface area contributed by atoms with Crippen LogP contribution in [0.2, 0.25) is 0 Å². The summed E-state index contributed by atoms with van der Waals surface area (Å²) < 4.78 is 26.5. The van der Waals surface area contributed by atoms with Crippen LogP contribution in [0.15, 0.2) is 41.1 Å². The Morgan fingerprint density at radius 3 is 2.81 bits per heavy atom. The highest BCUT2D eigenvalue weighted by molar-refractivity contribution is 7.88. The third-order valence-corrected chi connectivity index (χ3v) is 5.17. The van der Waals surface area contributed by atoms with Gasteiger partial charge in [0.25, 0.3) is 0 Å². The SMILES string of the molecule is Cc1cccc(CS(=O)(=O)NCCC(O)c2ccsc2)c1. The topological polar surface area (TPSA) is 66.4 Å². The smallest absolute Gasteiger partial charge is 0.215 e. The first-order valence-corrected chi connectivity index (χ1v) is 9.29. The maximum absolute atomic E-state index is 12.0. The second-order valence-corrected chi connectivity index (χ2v) is 7.59. The van der Waals surface area contributed by atoms with Crippen LogP contribution < -0.4 is 4.72 Å². The van der Waals surface area contributed by atoms with Crippen LogP contribution in [0.4, 0.5) is 0 Å². The molecule has 0 amide bonds. The maximum atomic E-state index is 12.0. The molecule has 1 atom stereocenters. The molecule has 2 N–H and O–H groups in total. The second-order valence-electron chi connectivity index (χ2n) is 5.00. The van der Waals surface area contributed by atoms with Crippen molar-refractivity contribution in [3.05, 3.63) is 57.8 Å². The van der Waals surface area contributed by atoms with Crippen molar-refractivity contribution in [3.63, 3.8) is 0 Å². The monoisotopic (exact) mass is 325 g/mol. The lowest BCUT2D eigenvalue weighted by Crippen LogP contribution is -2.27. The minimum atomic E-state index is -3.37. The molecule has 6 heteroatoms. The number of hydrogen-bond donors (Lipinski definition) is 2. The number of aliphatic hydroxyl groups is 1. The molecule has 0 fully saturated rings. The fourth-order valence-electron chi connectivity index (χ4n) is 2.05. The van der Waals surface area contributed by atoms with Crippen molar-refractivity contribution in [3.8, 4) is 0 Å². The Hall–Kier alpha value is -1.21. The minimum Gasteiger partial charge on any atom is -0.388 e. The molecule has 0 aliphatic heterocycles. The lowest BCUT2D eigenvalue weighted by Gasteiger charge is -2.10. The van der Waals surface area contributed by atoms with E-state index in [9.17, 15) is 13.5 Å². The number of aliphatic hydroxyl groups excluding tert-OH is 1. The van der Waals surface area contributed by atoms with Gasteiger partial charge in [-0.25, -0.2) is 13.1 Å². The number of sulfonamides is 1. The zero-order chi connectivity index (χ0) is 15.3. The number of aryl methyl sites for hydroxylation is 1. The van der Waals surface area contributed by atoms with Gasteiger partial charge in [0, 0.05) is 6.54 Å². The van der Waals surface area contributed by atoms with Gasteiger partial charge in [0.05, 0.1) is 11.9 Å². The summed E-state index contributed by atoms with van der Waals surface area (Å²) >= 11 is 1.51. The van der Waals surface area contributed by atoms with E-state index in [1.807, 2.05) is 41.9 Å². The van der Waals surface area contributed by atoms with Crippen LogP contribution in [0.1, 0.15) is 29.2 Å². The normalized spacial score (nSPS) is 13.2. The van der Waals surface area contributed by atoms with Crippen LogP contribution in [0, 0.1) is 6.92 Å². The fraction of sp³-hybridized carbons (Fsp3) is 0.333. The molecule has 2 aromatic rings. The predicted octanol–water partition coefficient (Wildman–Crippen LogP) is 2.60. The average Bonchev–Trinajstić information content (AvgIpc) is 2.91. The van der Waals surface area contributed by atoms with Crippen LogP contribution in [0.3, 0.4) is 0 Å². The summed E-state index contributed by atoms with van der Waals surface area (Å²) in [6.07, 6.45) is -0.262. The van der Waals surface area contributed by atoms with E-state index in [-0.39, 0.29) is 12.3 Å². The Labute approximate surface area is 129 Å². The van der Waals surface area contributed by atoms with Crippen molar-refractivity contribution in [2.75, 3.05) is 6.54 Å². The molecule has 1 aromatic heterocycles. The quantitative estimate of drug-likeness (QED) is 0.822. The van der Waals surface area contributed by atoms with E-state index in [0.717, 1.165) is 16.7 Å². The van der Waals surface area contributed by atoms with Gasteiger partial charge in [-0.15, -0.1) is 0 Å². The molecule has 0 spiro atoms. The second kappa shape index (κ2) is 7.17. The molecule has 21 heavy (non-hydrogen) atoms. The van der Waals surface area contributed by atoms with Crippen molar-refractivity contribution in [2.45, 2.75) is 25.2 Å². The first kappa shape index (κ1) is 16.2. The van der Waals surface area contributed by atoms with E-state index >= 15 is 0 Å². The van der Waals surface area contributed by atoms with Crippen LogP contribution in [-0.4, -0.2) is 20.1 Å². The number of hydrogen-bond acceptors (Lipinski definition) is 4. The molecule has 4 nitrogen and oxygen atoms in total. The number of nitrogens with one attached hydrogen (secondary N) is 1. The Kier molecular flexibility index (Phi) is 5.52. The van der Waals surface area contributed by atoms with E-state index in [2.05, 4.69) is 4.72 Å². The van der Waals surface area contributed by atoms with E-state index < -0.39 is 16.1 Å². The molecule has 0 radical (unpaired) electrons. The molecule has 2 rings (SSSR count). The molecule has 0 saturated heterocycles. The molecule has 0 aliphatic rings.